The maximum atomic E-state index is 13.1. The van der Waals surface area contributed by atoms with Gasteiger partial charge in [0, 0.05) is 46.2 Å². The molecule has 0 aliphatic carbocycles. The van der Waals surface area contributed by atoms with Crippen LogP contribution in [0, 0.1) is 17.0 Å². The van der Waals surface area contributed by atoms with Gasteiger partial charge >= 0.3 is 5.97 Å². The van der Waals surface area contributed by atoms with Gasteiger partial charge in [-0.3, -0.25) is 10.1 Å². The molecule has 12 nitrogen and oxygen atoms in total. The third-order valence-corrected chi connectivity index (χ3v) is 14.6. The van der Waals surface area contributed by atoms with Gasteiger partial charge in [0.2, 0.25) is 14.2 Å². The van der Waals surface area contributed by atoms with Gasteiger partial charge in [0.05, 0.1) is 34.9 Å². The minimum Gasteiger partial charge on any atom is -0.543 e. The van der Waals surface area contributed by atoms with Crippen molar-refractivity contribution in [3.05, 3.63) is 73.1 Å². The molecule has 0 amide bonds. The molecule has 0 aliphatic heterocycles. The summed E-state index contributed by atoms with van der Waals surface area (Å²) in [6, 6.07) is 7.63. The number of aromatic nitrogens is 3. The molecule has 46 heavy (non-hydrogen) atoms. The number of carbonyl (C=O) groups excluding carboxylic acids is 1. The van der Waals surface area contributed by atoms with Gasteiger partial charge in [-0.05, 0) is 53.1 Å². The highest BCUT2D eigenvalue weighted by atomic mass is 79.9. The molecular formula is C30H36BrN5O7S2Si. The highest BCUT2D eigenvalue weighted by Crippen LogP contribution is 2.44. The number of nitrogens with zero attached hydrogens (tertiary/aromatic N) is 4. The second-order valence-electron chi connectivity index (χ2n) is 11.8. The number of nitrogens with one attached hydrogen (secondary N) is 1. The van der Waals surface area contributed by atoms with Gasteiger partial charge in [-0.15, -0.1) is 11.3 Å². The van der Waals surface area contributed by atoms with Gasteiger partial charge in [0.15, 0.2) is 11.0 Å². The summed E-state index contributed by atoms with van der Waals surface area (Å²) in [6.07, 6.45) is 0. The number of hydrogen-bond donors (Lipinski definition) is 1. The summed E-state index contributed by atoms with van der Waals surface area (Å²) < 4.78 is 23.6. The first-order valence-corrected chi connectivity index (χ1v) is 19.9. The molecule has 0 spiro atoms. The fourth-order valence-corrected chi connectivity index (χ4v) is 7.62. The molecule has 246 valence electrons. The molecule has 2 aromatic heterocycles. The molecule has 2 aromatic carbocycles. The first kappa shape index (κ1) is 35.4. The average molecular weight is 751 g/mol. The summed E-state index contributed by atoms with van der Waals surface area (Å²) in [5.74, 6) is 2.28. The Morgan fingerprint density at radius 1 is 1.20 bits per heavy atom. The number of carbonyl (C=O) groups is 1. The fourth-order valence-electron chi connectivity index (χ4n) is 4.06. The predicted molar refractivity (Wildman–Crippen MR) is 186 cm³/mol. The molecule has 1 N–H and O–H groups in total. The van der Waals surface area contributed by atoms with E-state index in [-0.39, 0.29) is 10.7 Å². The molecule has 4 aromatic rings. The van der Waals surface area contributed by atoms with Gasteiger partial charge in [-0.1, -0.05) is 25.9 Å². The van der Waals surface area contributed by atoms with Crippen LogP contribution < -0.4 is 14.5 Å². The summed E-state index contributed by atoms with van der Waals surface area (Å²) in [5, 5.41) is 20.8. The van der Waals surface area contributed by atoms with Crippen molar-refractivity contribution < 1.29 is 28.1 Å². The Morgan fingerprint density at radius 3 is 2.46 bits per heavy atom. The zero-order chi connectivity index (χ0) is 33.8. The van der Waals surface area contributed by atoms with Gasteiger partial charge in [-0.25, -0.2) is 9.78 Å². The van der Waals surface area contributed by atoms with Gasteiger partial charge in [0.25, 0.3) is 5.69 Å². The summed E-state index contributed by atoms with van der Waals surface area (Å²) in [4.78, 5) is 32.9. The third-order valence-electron chi connectivity index (χ3n) is 7.63. The zero-order valence-electron chi connectivity index (χ0n) is 26.8. The van der Waals surface area contributed by atoms with Crippen molar-refractivity contribution in [3.8, 4) is 22.8 Å². The lowest BCUT2D eigenvalue weighted by Crippen LogP contribution is -2.44. The molecule has 1 unspecified atom stereocenters. The minimum absolute atomic E-state index is 0.0123. The standard InChI is InChI=1S/C30H36BrN5O7S2Si/c1-17-32-27(42-35-17)22(34-29-33-21(16-45-29)18-9-11-19(12-10-18)36(38)39)15-44-14-20-23(43-46(7,8)30(2,3)4)13-24(40-5)26(31)25(20)28(37)41-6/h9-13,16,22H,14-15H2,1-8H3,(H,33,34). The minimum atomic E-state index is -2.31. The summed E-state index contributed by atoms with van der Waals surface area (Å²) in [7, 11) is 0.573. The number of hydrogen-bond acceptors (Lipinski definition) is 13. The first-order valence-electron chi connectivity index (χ1n) is 14.2. The number of esters is 1. The van der Waals surface area contributed by atoms with E-state index in [1.807, 2.05) is 11.4 Å². The van der Waals surface area contributed by atoms with Crippen LogP contribution in [0.5, 0.6) is 11.5 Å². The molecule has 1 atom stereocenters. The summed E-state index contributed by atoms with van der Waals surface area (Å²) in [6.45, 7) is 12.5. The molecule has 16 heteroatoms. The van der Waals surface area contributed by atoms with E-state index in [2.05, 4.69) is 65.3 Å². The number of methoxy groups -OCH3 is 2. The Morgan fingerprint density at radius 2 is 1.89 bits per heavy atom. The number of nitro benzene ring substituents is 1. The Labute approximate surface area is 285 Å². The van der Waals surface area contributed by atoms with Gasteiger partial charge < -0.3 is 23.7 Å². The smallest absolute Gasteiger partial charge is 0.339 e. The number of benzene rings is 2. The Bertz CT molecular complexity index is 1710. The van der Waals surface area contributed by atoms with E-state index in [0.29, 0.717) is 61.1 Å². The quantitative estimate of drug-likeness (QED) is 0.0604. The number of anilines is 1. The molecule has 0 aliphatic rings. The van der Waals surface area contributed by atoms with E-state index >= 15 is 0 Å². The van der Waals surface area contributed by atoms with Crippen LogP contribution in [-0.2, 0) is 10.5 Å². The van der Waals surface area contributed by atoms with E-state index in [9.17, 15) is 14.9 Å². The topological polar surface area (TPSA) is 152 Å². The third kappa shape index (κ3) is 8.08. The number of rotatable bonds is 13. The fraction of sp³-hybridized carbons (Fsp3) is 0.400. The van der Waals surface area contributed by atoms with Crippen LogP contribution in [0.25, 0.3) is 11.3 Å². The van der Waals surface area contributed by atoms with Crippen molar-refractivity contribution in [2.45, 2.75) is 57.6 Å². The maximum Gasteiger partial charge on any atom is 0.339 e. The van der Waals surface area contributed by atoms with Gasteiger partial charge in [-0.2, -0.15) is 16.7 Å². The van der Waals surface area contributed by atoms with Crippen molar-refractivity contribution in [1.29, 1.82) is 0 Å². The van der Waals surface area contributed by atoms with Crippen molar-refractivity contribution >= 4 is 64.1 Å². The van der Waals surface area contributed by atoms with Crippen LogP contribution in [-0.4, -0.2) is 54.3 Å². The first-order chi connectivity index (χ1) is 21.6. The Hall–Kier alpha value is -3.47. The van der Waals surface area contributed by atoms with Crippen molar-refractivity contribution in [2.24, 2.45) is 0 Å². The lowest BCUT2D eigenvalue weighted by molar-refractivity contribution is -0.384. The number of nitro groups is 1. The lowest BCUT2D eigenvalue weighted by Gasteiger charge is -2.37. The molecule has 0 saturated heterocycles. The molecule has 0 radical (unpaired) electrons. The number of halogens is 1. The molecule has 2 heterocycles. The van der Waals surface area contributed by atoms with Crippen molar-refractivity contribution in [2.75, 3.05) is 25.3 Å². The van der Waals surface area contributed by atoms with Crippen molar-refractivity contribution in [3.63, 3.8) is 0 Å². The van der Waals surface area contributed by atoms with Crippen LogP contribution in [0.1, 0.15) is 54.4 Å². The van der Waals surface area contributed by atoms with E-state index in [1.54, 1.807) is 37.9 Å². The average Bonchev–Trinajstić information content (AvgIpc) is 3.65. The second-order valence-corrected chi connectivity index (χ2v) is 19.2. The van der Waals surface area contributed by atoms with E-state index in [4.69, 9.17) is 23.4 Å². The van der Waals surface area contributed by atoms with Gasteiger partial charge in [0.1, 0.15) is 17.5 Å². The molecule has 4 rings (SSSR count). The molecular weight excluding hydrogens is 714 g/mol. The summed E-state index contributed by atoms with van der Waals surface area (Å²) in [5.41, 5.74) is 2.47. The molecule has 0 bridgehead atoms. The van der Waals surface area contributed by atoms with Crippen LogP contribution in [0.2, 0.25) is 18.1 Å². The Kier molecular flexibility index (Phi) is 11.2. The number of thiazole rings is 1. The Balaban J connectivity index is 1.62. The van der Waals surface area contributed by atoms with Crippen LogP contribution in [0.3, 0.4) is 0 Å². The molecule has 0 fully saturated rings. The SMILES string of the molecule is COC(=O)c1c(Br)c(OC)cc(O[Si](C)(C)C(C)(C)C)c1CSCC(Nc1nc(-c2ccc([N+](=O)[O-])cc2)cs1)c1nc(C)no1. The number of aryl methyl sites for hydroxylation is 1. The monoisotopic (exact) mass is 749 g/mol. The lowest BCUT2D eigenvalue weighted by atomic mass is 10.1. The maximum absolute atomic E-state index is 13.1. The second kappa shape index (κ2) is 14.5. The number of ether oxygens (including phenoxy) is 2. The van der Waals surface area contributed by atoms with Crippen LogP contribution in [0.4, 0.5) is 10.8 Å². The highest BCUT2D eigenvalue weighted by molar-refractivity contribution is 9.10. The largest absolute Gasteiger partial charge is 0.543 e. The van der Waals surface area contributed by atoms with E-state index in [0.717, 1.165) is 5.56 Å². The van der Waals surface area contributed by atoms with Crippen LogP contribution >= 0.6 is 39.0 Å². The number of thioether (sulfide) groups is 1. The summed E-state index contributed by atoms with van der Waals surface area (Å²) >= 11 is 6.49. The zero-order valence-corrected chi connectivity index (χ0v) is 31.0. The van der Waals surface area contributed by atoms with E-state index < -0.39 is 25.3 Å². The number of non-ortho nitro benzene ring substituents is 1. The molecule has 0 saturated carbocycles. The van der Waals surface area contributed by atoms with Crippen molar-refractivity contribution in [1.82, 2.24) is 15.1 Å². The normalized spacial score (nSPS) is 12.5. The van der Waals surface area contributed by atoms with Crippen LogP contribution in [0.15, 0.2) is 44.7 Å². The highest BCUT2D eigenvalue weighted by Gasteiger charge is 2.40. The van der Waals surface area contributed by atoms with E-state index in [1.165, 1.54) is 30.6 Å². The predicted octanol–water partition coefficient (Wildman–Crippen LogP) is 8.44.